The van der Waals surface area contributed by atoms with Crippen LogP contribution in [0.1, 0.15) is 18.9 Å². The Hall–Kier alpha value is -2.93. The highest BCUT2D eigenvalue weighted by Gasteiger charge is 2.13. The van der Waals surface area contributed by atoms with E-state index in [1.165, 1.54) is 12.1 Å². The second-order valence-corrected chi connectivity index (χ2v) is 8.09. The van der Waals surface area contributed by atoms with E-state index in [1.54, 1.807) is 22.9 Å². The van der Waals surface area contributed by atoms with Gasteiger partial charge in [0.25, 0.3) is 0 Å². The number of sulfonamides is 1. The lowest BCUT2D eigenvalue weighted by Crippen LogP contribution is -2.01. The molecule has 0 fully saturated rings. The summed E-state index contributed by atoms with van der Waals surface area (Å²) >= 11 is 0. The molecule has 0 aliphatic carbocycles. The summed E-state index contributed by atoms with van der Waals surface area (Å²) in [7, 11) is -3.85. The van der Waals surface area contributed by atoms with Crippen molar-refractivity contribution in [1.29, 1.82) is 0 Å². The number of hydrogen-bond acceptors (Lipinski definition) is 4. The zero-order chi connectivity index (χ0) is 19.0. The molecule has 4 rings (SSSR count). The molecular weight excluding hydrogens is 360 g/mol. The van der Waals surface area contributed by atoms with Crippen LogP contribution in [0.3, 0.4) is 0 Å². The van der Waals surface area contributed by atoms with Crippen LogP contribution in [0.25, 0.3) is 26.7 Å². The third kappa shape index (κ3) is 3.26. The molecule has 0 spiro atoms. The summed E-state index contributed by atoms with van der Waals surface area (Å²) in [6.45, 7) is 4.69. The highest BCUT2D eigenvalue weighted by atomic mass is 32.2. The van der Waals surface area contributed by atoms with Gasteiger partial charge in [-0.15, -0.1) is 0 Å². The third-order valence-corrected chi connectivity index (χ3v) is 5.62. The minimum absolute atomic E-state index is 0.146. The molecule has 6 nitrogen and oxygen atoms in total. The van der Waals surface area contributed by atoms with Crippen LogP contribution >= 0.6 is 0 Å². The number of aromatic nitrogens is 3. The van der Waals surface area contributed by atoms with Crippen LogP contribution in [0.5, 0.6) is 0 Å². The molecule has 4 aromatic rings. The van der Waals surface area contributed by atoms with Gasteiger partial charge in [-0.05, 0) is 49.5 Å². The molecule has 0 atom stereocenters. The van der Waals surface area contributed by atoms with Crippen LogP contribution in [0, 0.1) is 6.92 Å². The average Bonchev–Trinajstić information content (AvgIpc) is 2.97. The monoisotopic (exact) mass is 379 g/mol. The largest absolute Gasteiger partial charge is 0.372 e. The maximum absolute atomic E-state index is 12.7. The molecule has 2 aromatic heterocycles. The van der Waals surface area contributed by atoms with E-state index < -0.39 is 10.0 Å². The van der Waals surface area contributed by atoms with Crippen LogP contribution in [-0.4, -0.2) is 23.2 Å². The number of aryl methyl sites for hydroxylation is 2. The molecule has 0 aliphatic rings. The van der Waals surface area contributed by atoms with Gasteiger partial charge in [-0.3, -0.25) is 0 Å². The molecular formula is C20H19N4O2S-. The van der Waals surface area contributed by atoms with Crippen molar-refractivity contribution in [3.05, 3.63) is 64.9 Å². The highest BCUT2D eigenvalue weighted by molar-refractivity contribution is 7.94. The second kappa shape index (κ2) is 6.66. The Kier molecular flexibility index (Phi) is 4.31. The maximum atomic E-state index is 12.7. The number of fused-ring (bicyclic) bond motifs is 2. The topological polar surface area (TPSA) is 79.0 Å². The molecule has 2 heterocycles. The molecule has 0 N–H and O–H groups in total. The smallest absolute Gasteiger partial charge is 0.202 e. The van der Waals surface area contributed by atoms with Gasteiger partial charge in [0, 0.05) is 17.3 Å². The zero-order valence-electron chi connectivity index (χ0n) is 15.1. The maximum Gasteiger partial charge on any atom is 0.202 e. The molecule has 0 unspecified atom stereocenters. The van der Waals surface area contributed by atoms with Crippen molar-refractivity contribution in [2.24, 2.45) is 0 Å². The lowest BCUT2D eigenvalue weighted by molar-refractivity contribution is 0.602. The molecule has 138 valence electrons. The Bertz CT molecular complexity index is 1230. The summed E-state index contributed by atoms with van der Waals surface area (Å²) in [4.78, 5) is 4.85. The quantitative estimate of drug-likeness (QED) is 0.503. The number of hydrogen-bond donors (Lipinski definition) is 0. The molecule has 0 saturated carbocycles. The van der Waals surface area contributed by atoms with E-state index in [2.05, 4.69) is 9.82 Å². The van der Waals surface area contributed by atoms with E-state index in [0.29, 0.717) is 17.6 Å². The van der Waals surface area contributed by atoms with Crippen LogP contribution in [0.2, 0.25) is 0 Å². The fourth-order valence-corrected chi connectivity index (χ4v) is 4.03. The molecule has 0 aliphatic heterocycles. The molecule has 7 heteroatoms. The Morgan fingerprint density at radius 2 is 1.85 bits per heavy atom. The molecule has 27 heavy (non-hydrogen) atoms. The van der Waals surface area contributed by atoms with E-state index in [9.17, 15) is 8.42 Å². The van der Waals surface area contributed by atoms with Crippen molar-refractivity contribution >= 4 is 37.8 Å². The minimum atomic E-state index is -3.85. The van der Waals surface area contributed by atoms with Crippen molar-refractivity contribution < 1.29 is 8.42 Å². The molecule has 0 saturated heterocycles. The van der Waals surface area contributed by atoms with Gasteiger partial charge in [0.1, 0.15) is 5.65 Å². The first-order valence-electron chi connectivity index (χ1n) is 8.79. The van der Waals surface area contributed by atoms with Crippen molar-refractivity contribution in [1.82, 2.24) is 14.8 Å². The fourth-order valence-electron chi connectivity index (χ4n) is 3.06. The van der Waals surface area contributed by atoms with Crippen LogP contribution in [-0.2, 0) is 16.6 Å². The first-order chi connectivity index (χ1) is 13.0. The summed E-state index contributed by atoms with van der Waals surface area (Å²) in [5.41, 5.74) is 2.61. The lowest BCUT2D eigenvalue weighted by atomic mass is 10.1. The van der Waals surface area contributed by atoms with E-state index in [4.69, 9.17) is 4.98 Å². The molecule has 0 bridgehead atoms. The summed E-state index contributed by atoms with van der Waals surface area (Å²) in [6.07, 6.45) is 0.856. The van der Waals surface area contributed by atoms with E-state index >= 15 is 0 Å². The standard InChI is InChI=1S/C20H19N4O2S/c1-3-11-24-20-17(13-15-12-14(2)9-10-18(15)21-20)19(22-24)23-27(25,26)16-7-5-4-6-8-16/h4-10,12-13H,3,11H2,1-2H3/q-1. The average molecular weight is 379 g/mol. The van der Waals surface area contributed by atoms with Crippen molar-refractivity contribution in [3.8, 4) is 0 Å². The fraction of sp³-hybridized carbons (Fsp3) is 0.200. The van der Waals surface area contributed by atoms with Crippen LogP contribution in [0.15, 0.2) is 59.5 Å². The van der Waals surface area contributed by atoms with Crippen LogP contribution < -0.4 is 0 Å². The predicted octanol–water partition coefficient (Wildman–Crippen LogP) is 4.70. The van der Waals surface area contributed by atoms with Crippen molar-refractivity contribution in [3.63, 3.8) is 0 Å². The summed E-state index contributed by atoms with van der Waals surface area (Å²) in [5.74, 6) is 0.179. The van der Waals surface area contributed by atoms with Crippen molar-refractivity contribution in [2.75, 3.05) is 0 Å². The first-order valence-corrected chi connectivity index (χ1v) is 10.2. The first kappa shape index (κ1) is 17.5. The van der Waals surface area contributed by atoms with E-state index in [0.717, 1.165) is 22.9 Å². The number of benzene rings is 2. The van der Waals surface area contributed by atoms with Crippen molar-refractivity contribution in [2.45, 2.75) is 31.7 Å². The minimum Gasteiger partial charge on any atom is -0.372 e. The number of rotatable bonds is 5. The number of pyridine rings is 1. The van der Waals surface area contributed by atoms with Gasteiger partial charge in [-0.25, -0.2) is 13.4 Å². The Balaban J connectivity index is 1.89. The summed E-state index contributed by atoms with van der Waals surface area (Å²) in [5, 5.41) is 6.02. The Labute approximate surface area is 157 Å². The van der Waals surface area contributed by atoms with Crippen LogP contribution in [0.4, 0.5) is 5.82 Å². The van der Waals surface area contributed by atoms with E-state index in [-0.39, 0.29) is 10.7 Å². The van der Waals surface area contributed by atoms with Gasteiger partial charge in [0.15, 0.2) is 0 Å². The molecule has 0 radical (unpaired) electrons. The second-order valence-electron chi connectivity index (χ2n) is 6.48. The van der Waals surface area contributed by atoms with Gasteiger partial charge in [0.05, 0.1) is 10.4 Å². The zero-order valence-corrected chi connectivity index (χ0v) is 15.9. The molecule has 2 aromatic carbocycles. The Morgan fingerprint density at radius 3 is 2.59 bits per heavy atom. The normalized spacial score (nSPS) is 11.9. The number of nitrogens with zero attached hydrogens (tertiary/aromatic N) is 4. The van der Waals surface area contributed by atoms with Gasteiger partial charge in [-0.2, -0.15) is 0 Å². The lowest BCUT2D eigenvalue weighted by Gasteiger charge is -2.13. The summed E-state index contributed by atoms with van der Waals surface area (Å²) in [6, 6.07) is 16.1. The predicted molar refractivity (Wildman–Crippen MR) is 107 cm³/mol. The SMILES string of the molecule is CCCn1nc([N-]S(=O)(=O)c2ccccc2)c2cc3cc(C)ccc3nc21. The van der Waals surface area contributed by atoms with Gasteiger partial charge >= 0.3 is 0 Å². The summed E-state index contributed by atoms with van der Waals surface area (Å²) < 4.78 is 31.1. The van der Waals surface area contributed by atoms with Gasteiger partial charge in [0.2, 0.25) is 10.0 Å². The highest BCUT2D eigenvalue weighted by Crippen LogP contribution is 2.34. The molecule has 0 amide bonds. The third-order valence-electron chi connectivity index (χ3n) is 4.33. The Morgan fingerprint density at radius 1 is 1.07 bits per heavy atom. The van der Waals surface area contributed by atoms with Gasteiger partial charge in [-0.1, -0.05) is 36.8 Å². The van der Waals surface area contributed by atoms with Gasteiger partial charge < -0.3 is 14.5 Å². The van der Waals surface area contributed by atoms with E-state index in [1.807, 2.05) is 38.1 Å².